The number of nitrogen functional groups attached to an aromatic ring is 1. The molecule has 7 N–H and O–H groups in total. The smallest absolute Gasteiger partial charge is 0.246 e. The predicted molar refractivity (Wildman–Crippen MR) is 135 cm³/mol. The van der Waals surface area contributed by atoms with Crippen LogP contribution in [0.5, 0.6) is 5.75 Å². The minimum absolute atomic E-state index is 0.0239. The molecule has 0 unspecified atom stereocenters. The van der Waals surface area contributed by atoms with E-state index in [9.17, 15) is 9.90 Å². The Labute approximate surface area is 192 Å². The SMILES string of the molecule is C=CC(=O)N(C)[C@@H](CO)CCCC.CC.Cc1c[nH]c(N)c1/C=C(\N)c1ccccc1O. The number of aliphatic hydroxyl groups excluding tert-OH is 1. The lowest BCUT2D eigenvalue weighted by Crippen LogP contribution is -2.38. The minimum atomic E-state index is -0.129. The molecule has 2 aromatic rings. The lowest BCUT2D eigenvalue weighted by atomic mass is 10.1. The molecule has 0 saturated heterocycles. The molecule has 1 heterocycles. The number of nitrogens with one attached hydrogen (secondary N) is 1. The maximum absolute atomic E-state index is 11.2. The molecule has 0 aliphatic carbocycles. The van der Waals surface area contributed by atoms with Crippen molar-refractivity contribution in [1.82, 2.24) is 9.88 Å². The summed E-state index contributed by atoms with van der Waals surface area (Å²) in [4.78, 5) is 15.6. The summed E-state index contributed by atoms with van der Waals surface area (Å²) >= 11 is 0. The van der Waals surface area contributed by atoms with Crippen molar-refractivity contribution in [2.45, 2.75) is 53.0 Å². The Balaban J connectivity index is 0.000000578. The van der Waals surface area contributed by atoms with E-state index in [1.54, 1.807) is 36.2 Å². The highest BCUT2D eigenvalue weighted by Crippen LogP contribution is 2.25. The molecule has 1 atom stereocenters. The van der Waals surface area contributed by atoms with Gasteiger partial charge in [-0.05, 0) is 43.2 Å². The van der Waals surface area contributed by atoms with Crippen LogP contribution in [-0.2, 0) is 4.79 Å². The van der Waals surface area contributed by atoms with E-state index in [4.69, 9.17) is 16.6 Å². The number of aliphatic hydroxyl groups is 1. The lowest BCUT2D eigenvalue weighted by molar-refractivity contribution is -0.127. The van der Waals surface area contributed by atoms with Crippen LogP contribution in [-0.4, -0.2) is 45.7 Å². The van der Waals surface area contributed by atoms with Gasteiger partial charge in [0.25, 0.3) is 0 Å². The number of rotatable bonds is 8. The number of phenols is 1. The fourth-order valence-electron chi connectivity index (χ4n) is 2.87. The van der Waals surface area contributed by atoms with Crippen molar-refractivity contribution < 1.29 is 15.0 Å². The number of nitrogens with zero attached hydrogens (tertiary/aromatic N) is 1. The van der Waals surface area contributed by atoms with Gasteiger partial charge >= 0.3 is 0 Å². The predicted octanol–water partition coefficient (Wildman–Crippen LogP) is 4.28. The maximum Gasteiger partial charge on any atom is 0.246 e. The second-order valence-corrected chi connectivity index (χ2v) is 7.05. The number of aryl methyl sites for hydroxylation is 1. The number of likely N-dealkylation sites (N-methyl/N-ethyl adjacent to an activating group) is 1. The summed E-state index contributed by atoms with van der Waals surface area (Å²) in [5, 5.41) is 18.7. The maximum atomic E-state index is 11.2. The molecule has 7 heteroatoms. The zero-order chi connectivity index (χ0) is 24.7. The van der Waals surface area contributed by atoms with Crippen LogP contribution in [0.4, 0.5) is 5.82 Å². The third-order valence-electron chi connectivity index (χ3n) is 4.85. The number of hydrogen-bond acceptors (Lipinski definition) is 5. The zero-order valence-corrected chi connectivity index (χ0v) is 20.1. The first-order valence-electron chi connectivity index (χ1n) is 11.0. The molecule has 1 amide bonds. The summed E-state index contributed by atoms with van der Waals surface area (Å²) in [6.45, 7) is 11.5. The normalized spacial score (nSPS) is 11.4. The Hall–Kier alpha value is -3.19. The number of phenolic OH excluding ortho intramolecular Hbond substituents is 1. The van der Waals surface area contributed by atoms with Crippen molar-refractivity contribution in [2.24, 2.45) is 5.73 Å². The highest BCUT2D eigenvalue weighted by molar-refractivity contribution is 5.87. The standard InChI is InChI=1S/C13H15N3O.C10H19NO2.C2H6/c1-8-7-16-13(15)10(8)6-11(14)9-4-2-3-5-12(9)17;1-4-6-7-9(8-12)11(3)10(13)5-2;1-2/h2-7,16-17H,14-15H2,1H3;5,9,12H,2,4,6-8H2,1,3H3;1-2H3/b11-6-;;/t;9-;/m.1./s1. The molecular weight excluding hydrogens is 404 g/mol. The summed E-state index contributed by atoms with van der Waals surface area (Å²) in [6, 6.07) is 6.87. The van der Waals surface area contributed by atoms with E-state index in [0.717, 1.165) is 30.4 Å². The molecular formula is C25H40N4O3. The van der Waals surface area contributed by atoms with Gasteiger partial charge in [-0.1, -0.05) is 52.3 Å². The molecule has 0 spiro atoms. The molecule has 2 rings (SSSR count). The van der Waals surface area contributed by atoms with Crippen molar-refractivity contribution in [3.8, 4) is 5.75 Å². The molecule has 32 heavy (non-hydrogen) atoms. The van der Waals surface area contributed by atoms with Gasteiger partial charge < -0.3 is 31.6 Å². The second-order valence-electron chi connectivity index (χ2n) is 7.05. The van der Waals surface area contributed by atoms with Crippen LogP contribution in [0.2, 0.25) is 0 Å². The number of benzene rings is 1. The number of para-hydroxylation sites is 1. The average molecular weight is 445 g/mol. The Bertz CT molecular complexity index is 839. The summed E-state index contributed by atoms with van der Waals surface area (Å²) in [5.74, 6) is 0.601. The number of aromatic amines is 1. The van der Waals surface area contributed by atoms with Gasteiger partial charge in [0.2, 0.25) is 5.91 Å². The van der Waals surface area contributed by atoms with Crippen LogP contribution < -0.4 is 11.5 Å². The minimum Gasteiger partial charge on any atom is -0.507 e. The summed E-state index contributed by atoms with van der Waals surface area (Å²) < 4.78 is 0. The number of hydrogen-bond donors (Lipinski definition) is 5. The number of anilines is 1. The highest BCUT2D eigenvalue weighted by Gasteiger charge is 2.15. The van der Waals surface area contributed by atoms with Gasteiger partial charge in [0, 0.05) is 30.1 Å². The molecule has 0 radical (unpaired) electrons. The number of carbonyl (C=O) groups is 1. The van der Waals surface area contributed by atoms with Gasteiger partial charge in [-0.25, -0.2) is 0 Å². The number of unbranched alkanes of at least 4 members (excludes halogenated alkanes) is 1. The van der Waals surface area contributed by atoms with E-state index < -0.39 is 0 Å². The number of nitrogens with two attached hydrogens (primary N) is 2. The van der Waals surface area contributed by atoms with Crippen LogP contribution in [0.3, 0.4) is 0 Å². The van der Waals surface area contributed by atoms with E-state index in [2.05, 4.69) is 18.5 Å². The molecule has 0 aliphatic heterocycles. The Morgan fingerprint density at radius 2 is 1.94 bits per heavy atom. The summed E-state index contributed by atoms with van der Waals surface area (Å²) in [6.07, 6.45) is 7.81. The molecule has 1 aromatic carbocycles. The van der Waals surface area contributed by atoms with Crippen LogP contribution in [0.1, 0.15) is 56.7 Å². The molecule has 0 fully saturated rings. The molecule has 0 aliphatic rings. The van der Waals surface area contributed by atoms with Crippen molar-refractivity contribution in [3.05, 3.63) is 59.8 Å². The first-order chi connectivity index (χ1) is 15.3. The van der Waals surface area contributed by atoms with Gasteiger partial charge in [0.1, 0.15) is 11.6 Å². The van der Waals surface area contributed by atoms with Gasteiger partial charge in [0.05, 0.1) is 12.6 Å². The average Bonchev–Trinajstić information content (AvgIpc) is 3.12. The zero-order valence-electron chi connectivity index (χ0n) is 20.1. The highest BCUT2D eigenvalue weighted by atomic mass is 16.3. The topological polar surface area (TPSA) is 129 Å². The molecule has 1 aromatic heterocycles. The van der Waals surface area contributed by atoms with E-state index in [1.807, 2.05) is 33.0 Å². The quantitative estimate of drug-likeness (QED) is 0.388. The van der Waals surface area contributed by atoms with E-state index in [-0.39, 0.29) is 24.3 Å². The first-order valence-corrected chi connectivity index (χ1v) is 11.0. The first kappa shape index (κ1) is 28.8. The van der Waals surface area contributed by atoms with Gasteiger partial charge in [-0.2, -0.15) is 0 Å². The molecule has 7 nitrogen and oxygen atoms in total. The van der Waals surface area contributed by atoms with E-state index in [0.29, 0.717) is 17.1 Å². The van der Waals surface area contributed by atoms with Crippen LogP contribution >= 0.6 is 0 Å². The van der Waals surface area contributed by atoms with Crippen molar-refractivity contribution in [1.29, 1.82) is 0 Å². The third-order valence-corrected chi connectivity index (χ3v) is 4.85. The Kier molecular flexibility index (Phi) is 14.0. The largest absolute Gasteiger partial charge is 0.507 e. The number of H-pyrrole nitrogens is 1. The number of amides is 1. The summed E-state index contributed by atoms with van der Waals surface area (Å²) in [5.41, 5.74) is 14.7. The number of aromatic hydroxyl groups is 1. The van der Waals surface area contributed by atoms with Crippen molar-refractivity contribution >= 4 is 23.5 Å². The van der Waals surface area contributed by atoms with Gasteiger partial charge in [0.15, 0.2) is 0 Å². The van der Waals surface area contributed by atoms with E-state index in [1.165, 1.54) is 6.08 Å². The fourth-order valence-corrected chi connectivity index (χ4v) is 2.87. The van der Waals surface area contributed by atoms with Crippen LogP contribution in [0.15, 0.2) is 43.1 Å². The molecule has 0 saturated carbocycles. The fraction of sp³-hybridized carbons (Fsp3) is 0.400. The Morgan fingerprint density at radius 3 is 2.41 bits per heavy atom. The molecule has 178 valence electrons. The lowest BCUT2D eigenvalue weighted by Gasteiger charge is -2.25. The second kappa shape index (κ2) is 15.6. The van der Waals surface area contributed by atoms with Gasteiger partial charge in [-0.15, -0.1) is 0 Å². The number of carbonyl (C=O) groups excluding carboxylic acids is 1. The van der Waals surface area contributed by atoms with Crippen LogP contribution in [0.25, 0.3) is 11.8 Å². The van der Waals surface area contributed by atoms with Crippen LogP contribution in [0, 0.1) is 6.92 Å². The molecule has 0 bridgehead atoms. The van der Waals surface area contributed by atoms with E-state index >= 15 is 0 Å². The number of aromatic nitrogens is 1. The third kappa shape index (κ3) is 8.89. The monoisotopic (exact) mass is 444 g/mol. The summed E-state index contributed by atoms with van der Waals surface area (Å²) in [7, 11) is 1.70. The van der Waals surface area contributed by atoms with Gasteiger partial charge in [-0.3, -0.25) is 4.79 Å². The van der Waals surface area contributed by atoms with Crippen molar-refractivity contribution in [2.75, 3.05) is 19.4 Å². The Morgan fingerprint density at radius 1 is 1.31 bits per heavy atom. The van der Waals surface area contributed by atoms with Crippen molar-refractivity contribution in [3.63, 3.8) is 0 Å².